The van der Waals surface area contributed by atoms with Crippen LogP contribution in [0.25, 0.3) is 0 Å². The summed E-state index contributed by atoms with van der Waals surface area (Å²) >= 11 is 0. The summed E-state index contributed by atoms with van der Waals surface area (Å²) in [6.45, 7) is 0. The third kappa shape index (κ3) is 4.82. The highest BCUT2D eigenvalue weighted by Crippen LogP contribution is 2.31. The summed E-state index contributed by atoms with van der Waals surface area (Å²) in [5.41, 5.74) is -0.286. The molecule has 3 rings (SSSR count). The summed E-state index contributed by atoms with van der Waals surface area (Å²) in [5.74, 6) is -5.08. The summed E-state index contributed by atoms with van der Waals surface area (Å²) < 4.78 is 0. The zero-order chi connectivity index (χ0) is 23.4. The van der Waals surface area contributed by atoms with Crippen LogP contribution in [-0.4, -0.2) is 44.3 Å². The Labute approximate surface area is 180 Å². The Morgan fingerprint density at radius 2 is 0.906 bits per heavy atom. The molecule has 10 nitrogen and oxygen atoms in total. The molecule has 0 spiro atoms. The molecule has 32 heavy (non-hydrogen) atoms. The van der Waals surface area contributed by atoms with E-state index in [1.54, 1.807) is 0 Å². The van der Waals surface area contributed by atoms with Gasteiger partial charge < -0.3 is 31.1 Å². The molecule has 0 aliphatic carbocycles. The van der Waals surface area contributed by atoms with Gasteiger partial charge in [-0.05, 0) is 48.5 Å². The minimum atomic E-state index is -1.36. The fourth-order valence-electron chi connectivity index (χ4n) is 2.93. The molecule has 6 N–H and O–H groups in total. The number of anilines is 4. The molecule has 0 amide bonds. The summed E-state index contributed by atoms with van der Waals surface area (Å²) in [6.07, 6.45) is 0. The van der Waals surface area contributed by atoms with Gasteiger partial charge >= 0.3 is 23.9 Å². The maximum atomic E-state index is 11.8. The van der Waals surface area contributed by atoms with E-state index in [0.717, 1.165) is 12.1 Å². The summed E-state index contributed by atoms with van der Waals surface area (Å²) in [6, 6.07) is 13.4. The van der Waals surface area contributed by atoms with Gasteiger partial charge in [0.15, 0.2) is 0 Å². The van der Waals surface area contributed by atoms with Crippen LogP contribution < -0.4 is 10.6 Å². The lowest BCUT2D eigenvalue weighted by Gasteiger charge is -2.16. The third-order valence-electron chi connectivity index (χ3n) is 4.40. The topological polar surface area (TPSA) is 173 Å². The number of nitrogens with one attached hydrogen (secondary N) is 2. The Bertz CT molecular complexity index is 1160. The molecule has 0 aliphatic heterocycles. The third-order valence-corrected chi connectivity index (χ3v) is 4.40. The van der Waals surface area contributed by atoms with Crippen molar-refractivity contribution in [3.8, 4) is 0 Å². The number of carboxylic acid groups (broad SMARTS) is 4. The molecule has 0 unspecified atom stereocenters. The van der Waals surface area contributed by atoms with Gasteiger partial charge in [0.05, 0.1) is 33.6 Å². The zero-order valence-corrected chi connectivity index (χ0v) is 16.2. The zero-order valence-electron chi connectivity index (χ0n) is 16.2. The SMILES string of the molecule is O=C(O)c1cccc(Nc2cc(C(=O)O)c(Nc3cccc(C(=O)O)c3)cc2C(=O)O)c1. The fourth-order valence-corrected chi connectivity index (χ4v) is 2.93. The predicted molar refractivity (Wildman–Crippen MR) is 114 cm³/mol. The molecule has 0 saturated carbocycles. The fraction of sp³-hybridized carbons (Fsp3) is 0. The first kappa shape index (κ1) is 21.8. The summed E-state index contributed by atoms with van der Waals surface area (Å²) in [7, 11) is 0. The van der Waals surface area contributed by atoms with E-state index >= 15 is 0 Å². The Hall–Kier alpha value is -4.86. The van der Waals surface area contributed by atoms with E-state index in [1.165, 1.54) is 48.5 Å². The molecular weight excluding hydrogens is 420 g/mol. The molecule has 0 fully saturated rings. The van der Waals surface area contributed by atoms with E-state index in [2.05, 4.69) is 10.6 Å². The molecule has 0 atom stereocenters. The Balaban J connectivity index is 2.06. The van der Waals surface area contributed by atoms with Gasteiger partial charge in [-0.3, -0.25) is 0 Å². The largest absolute Gasteiger partial charge is 0.478 e. The Morgan fingerprint density at radius 3 is 1.22 bits per heavy atom. The average molecular weight is 436 g/mol. The van der Waals surface area contributed by atoms with Crippen molar-refractivity contribution in [3.05, 3.63) is 82.9 Å². The molecule has 0 radical (unpaired) electrons. The molecule has 10 heteroatoms. The van der Waals surface area contributed by atoms with Crippen LogP contribution in [0, 0.1) is 0 Å². The second kappa shape index (κ2) is 8.88. The molecule has 0 bridgehead atoms. The number of hydrogen-bond acceptors (Lipinski definition) is 6. The first-order valence-corrected chi connectivity index (χ1v) is 9.01. The van der Waals surface area contributed by atoms with Gasteiger partial charge in [-0.15, -0.1) is 0 Å². The van der Waals surface area contributed by atoms with Crippen molar-refractivity contribution in [1.29, 1.82) is 0 Å². The lowest BCUT2D eigenvalue weighted by Crippen LogP contribution is -2.10. The van der Waals surface area contributed by atoms with Crippen molar-refractivity contribution in [2.75, 3.05) is 10.6 Å². The molecule has 0 aromatic heterocycles. The van der Waals surface area contributed by atoms with E-state index in [-0.39, 0.29) is 45.0 Å². The smallest absolute Gasteiger partial charge is 0.337 e. The van der Waals surface area contributed by atoms with Crippen molar-refractivity contribution in [2.24, 2.45) is 0 Å². The molecule has 0 heterocycles. The van der Waals surface area contributed by atoms with Gasteiger partial charge in [-0.1, -0.05) is 12.1 Å². The van der Waals surface area contributed by atoms with Crippen LogP contribution in [0.4, 0.5) is 22.7 Å². The number of carbonyl (C=O) groups is 4. The second-order valence-electron chi connectivity index (χ2n) is 6.58. The second-order valence-corrected chi connectivity index (χ2v) is 6.58. The Morgan fingerprint density at radius 1 is 0.531 bits per heavy atom. The van der Waals surface area contributed by atoms with Gasteiger partial charge in [-0.25, -0.2) is 19.2 Å². The normalized spacial score (nSPS) is 10.2. The lowest BCUT2D eigenvalue weighted by atomic mass is 10.0. The van der Waals surface area contributed by atoms with Crippen LogP contribution in [0.15, 0.2) is 60.7 Å². The first-order valence-electron chi connectivity index (χ1n) is 9.01. The maximum Gasteiger partial charge on any atom is 0.337 e. The van der Waals surface area contributed by atoms with E-state index in [4.69, 9.17) is 10.2 Å². The minimum Gasteiger partial charge on any atom is -0.478 e. The first-order chi connectivity index (χ1) is 15.2. The van der Waals surface area contributed by atoms with Gasteiger partial charge in [-0.2, -0.15) is 0 Å². The number of rotatable bonds is 8. The predicted octanol–water partition coefficient (Wildman–Crippen LogP) is 3.97. The molecular formula is C22H16N2O8. The summed E-state index contributed by atoms with van der Waals surface area (Å²) in [4.78, 5) is 46.0. The molecule has 3 aromatic rings. The quantitative estimate of drug-likeness (QED) is 0.303. The van der Waals surface area contributed by atoms with Crippen molar-refractivity contribution in [2.45, 2.75) is 0 Å². The lowest BCUT2D eigenvalue weighted by molar-refractivity contribution is 0.0683. The van der Waals surface area contributed by atoms with Crippen LogP contribution in [0.2, 0.25) is 0 Å². The highest BCUT2D eigenvalue weighted by molar-refractivity contribution is 6.03. The van der Waals surface area contributed by atoms with Crippen molar-refractivity contribution >= 4 is 46.6 Å². The van der Waals surface area contributed by atoms with Crippen LogP contribution in [0.5, 0.6) is 0 Å². The van der Waals surface area contributed by atoms with Crippen molar-refractivity contribution in [1.82, 2.24) is 0 Å². The maximum absolute atomic E-state index is 11.8. The molecule has 0 aliphatic rings. The highest BCUT2D eigenvalue weighted by atomic mass is 16.4. The van der Waals surface area contributed by atoms with Crippen LogP contribution in [0.1, 0.15) is 41.4 Å². The molecule has 3 aromatic carbocycles. The monoisotopic (exact) mass is 436 g/mol. The van der Waals surface area contributed by atoms with Crippen LogP contribution in [-0.2, 0) is 0 Å². The van der Waals surface area contributed by atoms with E-state index in [9.17, 15) is 29.4 Å². The average Bonchev–Trinajstić information content (AvgIpc) is 2.74. The van der Waals surface area contributed by atoms with Crippen LogP contribution in [0.3, 0.4) is 0 Å². The standard InChI is InChI=1S/C22H16N2O8/c25-19(26)11-3-1-5-13(7-11)23-17-9-16(22(31)32)18(10-15(17)21(29)30)24-14-6-2-4-12(8-14)20(27)28/h1-10,23-24H,(H,25,26)(H,27,28)(H,29,30)(H,31,32). The van der Waals surface area contributed by atoms with E-state index < -0.39 is 23.9 Å². The van der Waals surface area contributed by atoms with E-state index in [0.29, 0.717) is 0 Å². The minimum absolute atomic E-state index is 0.0399. The number of carboxylic acids is 4. The van der Waals surface area contributed by atoms with Gasteiger partial charge in [0.25, 0.3) is 0 Å². The van der Waals surface area contributed by atoms with Crippen molar-refractivity contribution < 1.29 is 39.6 Å². The molecule has 0 saturated heterocycles. The van der Waals surface area contributed by atoms with Crippen molar-refractivity contribution in [3.63, 3.8) is 0 Å². The summed E-state index contributed by atoms with van der Waals surface area (Å²) in [5, 5.41) is 43.0. The van der Waals surface area contributed by atoms with E-state index in [1.807, 2.05) is 0 Å². The Kier molecular flexibility index (Phi) is 6.06. The number of hydrogen-bond donors (Lipinski definition) is 6. The van der Waals surface area contributed by atoms with Crippen LogP contribution >= 0.6 is 0 Å². The van der Waals surface area contributed by atoms with Gasteiger partial charge in [0.1, 0.15) is 0 Å². The number of aromatic carboxylic acids is 4. The molecule has 162 valence electrons. The number of benzene rings is 3. The van der Waals surface area contributed by atoms with Gasteiger partial charge in [0.2, 0.25) is 0 Å². The van der Waals surface area contributed by atoms with Gasteiger partial charge in [0, 0.05) is 11.4 Å². The highest BCUT2D eigenvalue weighted by Gasteiger charge is 2.20.